The van der Waals surface area contributed by atoms with E-state index in [2.05, 4.69) is 10.3 Å². The quantitative estimate of drug-likeness (QED) is 0.471. The lowest BCUT2D eigenvalue weighted by molar-refractivity contribution is -0.116. The third kappa shape index (κ3) is 5.77. The third-order valence-corrected chi connectivity index (χ3v) is 7.24. The van der Waals surface area contributed by atoms with Gasteiger partial charge >= 0.3 is 0 Å². The number of aromatic nitrogens is 1. The highest BCUT2D eigenvalue weighted by Gasteiger charge is 2.16. The zero-order valence-corrected chi connectivity index (χ0v) is 19.6. The molecule has 0 aliphatic heterocycles. The zero-order chi connectivity index (χ0) is 23.1. The first-order valence-corrected chi connectivity index (χ1v) is 12.2. The molecule has 1 heterocycles. The van der Waals surface area contributed by atoms with Gasteiger partial charge in [0.05, 0.1) is 37.7 Å². The van der Waals surface area contributed by atoms with Crippen molar-refractivity contribution in [2.75, 3.05) is 32.4 Å². The van der Waals surface area contributed by atoms with Crippen LogP contribution in [-0.2, 0) is 14.6 Å². The number of rotatable bonds is 10. The summed E-state index contributed by atoms with van der Waals surface area (Å²) in [5.74, 6) is 1.37. The van der Waals surface area contributed by atoms with Crippen molar-refractivity contribution in [1.82, 2.24) is 4.98 Å². The predicted octanol–water partition coefficient (Wildman–Crippen LogP) is 4.03. The van der Waals surface area contributed by atoms with Crippen LogP contribution in [0, 0.1) is 0 Å². The number of anilines is 1. The van der Waals surface area contributed by atoms with Gasteiger partial charge in [-0.2, -0.15) is 0 Å². The van der Waals surface area contributed by atoms with Gasteiger partial charge in [0.1, 0.15) is 5.75 Å². The Hall–Kier alpha value is -3.11. The van der Waals surface area contributed by atoms with E-state index in [-0.39, 0.29) is 29.4 Å². The van der Waals surface area contributed by atoms with Crippen LogP contribution in [0.4, 0.5) is 5.13 Å². The van der Waals surface area contributed by atoms with E-state index in [1.54, 1.807) is 32.4 Å². The molecule has 0 fully saturated rings. The van der Waals surface area contributed by atoms with Crippen LogP contribution in [-0.4, -0.2) is 46.4 Å². The van der Waals surface area contributed by atoms with Crippen molar-refractivity contribution in [2.45, 2.75) is 17.7 Å². The van der Waals surface area contributed by atoms with Crippen LogP contribution >= 0.6 is 11.3 Å². The molecule has 0 bridgehead atoms. The van der Waals surface area contributed by atoms with Crippen molar-refractivity contribution in [1.29, 1.82) is 0 Å². The second-order valence-corrected chi connectivity index (χ2v) is 9.72. The van der Waals surface area contributed by atoms with Gasteiger partial charge < -0.3 is 19.5 Å². The highest BCUT2D eigenvalue weighted by Crippen LogP contribution is 2.33. The summed E-state index contributed by atoms with van der Waals surface area (Å²) in [6.07, 6.45) is 0.273. The number of benzene rings is 2. The lowest BCUT2D eigenvalue weighted by Crippen LogP contribution is -2.14. The van der Waals surface area contributed by atoms with Crippen molar-refractivity contribution >= 4 is 32.2 Å². The molecule has 0 spiro atoms. The molecule has 10 heteroatoms. The Balaban J connectivity index is 1.55. The smallest absolute Gasteiger partial charge is 0.226 e. The fourth-order valence-electron chi connectivity index (χ4n) is 2.96. The molecular formula is C22H24N2O6S2. The molecule has 1 amide bonds. The molecule has 0 aliphatic rings. The second kappa shape index (κ2) is 10.5. The maximum Gasteiger partial charge on any atom is 0.226 e. The van der Waals surface area contributed by atoms with E-state index in [0.29, 0.717) is 28.1 Å². The average molecular weight is 477 g/mol. The van der Waals surface area contributed by atoms with E-state index < -0.39 is 9.84 Å². The fraction of sp³-hybridized carbons (Fsp3) is 0.273. The Morgan fingerprint density at radius 2 is 1.72 bits per heavy atom. The summed E-state index contributed by atoms with van der Waals surface area (Å²) in [5.41, 5.74) is 1.51. The number of amides is 1. The molecule has 1 aromatic heterocycles. The fourth-order valence-corrected chi connectivity index (χ4v) is 5.01. The second-order valence-electron chi connectivity index (χ2n) is 6.75. The van der Waals surface area contributed by atoms with Crippen LogP contribution in [0.5, 0.6) is 17.2 Å². The summed E-state index contributed by atoms with van der Waals surface area (Å²) in [5, 5.41) is 4.99. The molecule has 0 saturated carbocycles. The van der Waals surface area contributed by atoms with Crippen LogP contribution in [0.2, 0.25) is 0 Å². The van der Waals surface area contributed by atoms with Crippen molar-refractivity contribution in [3.8, 4) is 28.5 Å². The summed E-state index contributed by atoms with van der Waals surface area (Å²) in [7, 11) is 1.17. The molecule has 2 aromatic carbocycles. The molecule has 0 aliphatic carbocycles. The molecule has 3 rings (SSSR count). The summed E-state index contributed by atoms with van der Waals surface area (Å²) in [6, 6.07) is 11.6. The first kappa shape index (κ1) is 23.6. The van der Waals surface area contributed by atoms with Gasteiger partial charge in [-0.1, -0.05) is 0 Å². The number of methoxy groups -OCH3 is 3. The minimum atomic E-state index is -3.47. The molecule has 0 atom stereocenters. The number of hydrogen-bond acceptors (Lipinski definition) is 8. The van der Waals surface area contributed by atoms with E-state index in [9.17, 15) is 13.2 Å². The van der Waals surface area contributed by atoms with Crippen LogP contribution < -0.4 is 19.5 Å². The lowest BCUT2D eigenvalue weighted by Gasteiger charge is -2.08. The molecule has 3 aromatic rings. The van der Waals surface area contributed by atoms with E-state index >= 15 is 0 Å². The number of hydrogen-bond donors (Lipinski definition) is 1. The molecule has 8 nitrogen and oxygen atoms in total. The van der Waals surface area contributed by atoms with Gasteiger partial charge in [-0.05, 0) is 48.9 Å². The van der Waals surface area contributed by atoms with Gasteiger partial charge in [-0.15, -0.1) is 11.3 Å². The normalized spacial score (nSPS) is 11.1. The number of nitrogens with zero attached hydrogens (tertiary/aromatic N) is 1. The highest BCUT2D eigenvalue weighted by atomic mass is 32.2. The van der Waals surface area contributed by atoms with E-state index in [1.807, 2.05) is 17.5 Å². The minimum Gasteiger partial charge on any atom is -0.497 e. The first-order valence-electron chi connectivity index (χ1n) is 9.71. The first-order chi connectivity index (χ1) is 15.4. The highest BCUT2D eigenvalue weighted by molar-refractivity contribution is 7.91. The van der Waals surface area contributed by atoms with E-state index in [1.165, 1.54) is 30.6 Å². The van der Waals surface area contributed by atoms with Crippen molar-refractivity contribution in [3.05, 3.63) is 47.8 Å². The van der Waals surface area contributed by atoms with Gasteiger partial charge in [-0.3, -0.25) is 4.79 Å². The Morgan fingerprint density at radius 3 is 2.38 bits per heavy atom. The number of ether oxygens (including phenoxy) is 3. The van der Waals surface area contributed by atoms with Crippen LogP contribution in [0.25, 0.3) is 11.3 Å². The van der Waals surface area contributed by atoms with Gasteiger partial charge in [-0.25, -0.2) is 13.4 Å². The third-order valence-electron chi connectivity index (χ3n) is 4.67. The van der Waals surface area contributed by atoms with Crippen molar-refractivity contribution in [3.63, 3.8) is 0 Å². The molecule has 32 heavy (non-hydrogen) atoms. The molecule has 1 N–H and O–H groups in total. The van der Waals surface area contributed by atoms with Crippen LogP contribution in [0.15, 0.2) is 52.7 Å². The van der Waals surface area contributed by atoms with E-state index in [4.69, 9.17) is 14.2 Å². The SMILES string of the molecule is COc1ccc(S(=O)(=O)CCCC(=O)Nc2nc(-c3ccc(OC)c(OC)c3)cs2)cc1. The van der Waals surface area contributed by atoms with Crippen molar-refractivity contribution < 1.29 is 27.4 Å². The maximum atomic E-state index is 12.4. The minimum absolute atomic E-state index is 0.0701. The zero-order valence-electron chi connectivity index (χ0n) is 18.0. The molecule has 170 valence electrons. The van der Waals surface area contributed by atoms with Crippen LogP contribution in [0.3, 0.4) is 0 Å². The van der Waals surface area contributed by atoms with Crippen LogP contribution in [0.1, 0.15) is 12.8 Å². The Labute approximate surface area is 191 Å². The topological polar surface area (TPSA) is 104 Å². The summed E-state index contributed by atoms with van der Waals surface area (Å²) in [6.45, 7) is 0. The number of sulfone groups is 1. The Kier molecular flexibility index (Phi) is 7.70. The largest absolute Gasteiger partial charge is 0.497 e. The summed E-state index contributed by atoms with van der Waals surface area (Å²) in [4.78, 5) is 16.9. The van der Waals surface area contributed by atoms with Gasteiger partial charge in [0.25, 0.3) is 0 Å². The van der Waals surface area contributed by atoms with Gasteiger partial charge in [0.15, 0.2) is 26.5 Å². The summed E-state index contributed by atoms with van der Waals surface area (Å²) >= 11 is 1.29. The van der Waals surface area contributed by atoms with E-state index in [0.717, 1.165) is 5.56 Å². The molecule has 0 radical (unpaired) electrons. The number of nitrogens with one attached hydrogen (secondary N) is 1. The van der Waals surface area contributed by atoms with Crippen molar-refractivity contribution in [2.24, 2.45) is 0 Å². The van der Waals surface area contributed by atoms with Gasteiger partial charge in [0, 0.05) is 17.4 Å². The Morgan fingerprint density at radius 1 is 1.00 bits per heavy atom. The lowest BCUT2D eigenvalue weighted by atomic mass is 10.1. The monoisotopic (exact) mass is 476 g/mol. The van der Waals surface area contributed by atoms with Gasteiger partial charge in [0.2, 0.25) is 5.91 Å². The number of carbonyl (C=O) groups excluding carboxylic acids is 1. The summed E-state index contributed by atoms with van der Waals surface area (Å²) < 4.78 is 40.4. The number of carbonyl (C=O) groups is 1. The Bertz CT molecular complexity index is 1170. The molecular weight excluding hydrogens is 452 g/mol. The standard InChI is InChI=1S/C22H24N2O6S2/c1-28-16-7-9-17(10-8-16)32(26,27)12-4-5-21(25)24-22-23-18(14-31-22)15-6-11-19(29-2)20(13-15)30-3/h6-11,13-14H,4-5,12H2,1-3H3,(H,23,24,25). The number of thiazole rings is 1. The predicted molar refractivity (Wildman–Crippen MR) is 124 cm³/mol. The average Bonchev–Trinajstić information content (AvgIpc) is 3.26. The molecule has 0 saturated heterocycles. The molecule has 0 unspecified atom stereocenters. The maximum absolute atomic E-state index is 12.4.